The number of fused-ring (bicyclic) bond motifs is 1. The molecule has 0 aliphatic rings. The normalized spacial score (nSPS) is 10.8. The molecular formula is C19H16ClNO3. The van der Waals surface area contributed by atoms with E-state index >= 15 is 0 Å². The summed E-state index contributed by atoms with van der Waals surface area (Å²) in [7, 11) is 1.52. The van der Waals surface area contributed by atoms with E-state index in [0.29, 0.717) is 27.4 Å². The fourth-order valence-electron chi connectivity index (χ4n) is 3.01. The predicted molar refractivity (Wildman–Crippen MR) is 94.2 cm³/mol. The van der Waals surface area contributed by atoms with E-state index in [1.54, 1.807) is 29.0 Å². The molecule has 0 fully saturated rings. The minimum absolute atomic E-state index is 0.146. The molecule has 0 atom stereocenters. The number of rotatable bonds is 4. The monoisotopic (exact) mass is 341 g/mol. The van der Waals surface area contributed by atoms with Crippen molar-refractivity contribution in [1.29, 1.82) is 0 Å². The van der Waals surface area contributed by atoms with Crippen LogP contribution in [0.2, 0.25) is 5.02 Å². The largest absolute Gasteiger partial charge is 0.495 e. The standard InChI is InChI=1S/C19H16ClNO3/c1-12-11-21(19(23)13-6-4-3-5-7-13)16-10-15(20)18(24-2)14(8-9-22)17(12)16/h3-7,9-11H,8H2,1-2H3. The van der Waals surface area contributed by atoms with Gasteiger partial charge in [0.1, 0.15) is 12.0 Å². The van der Waals surface area contributed by atoms with Crippen LogP contribution >= 0.6 is 11.6 Å². The first-order chi connectivity index (χ1) is 11.6. The fraction of sp³-hybridized carbons (Fsp3) is 0.158. The third kappa shape index (κ3) is 2.59. The molecule has 122 valence electrons. The summed E-state index contributed by atoms with van der Waals surface area (Å²) >= 11 is 6.31. The molecule has 3 rings (SSSR count). The first kappa shape index (κ1) is 16.3. The second kappa shape index (κ2) is 6.49. The van der Waals surface area contributed by atoms with Crippen LogP contribution in [0.4, 0.5) is 0 Å². The van der Waals surface area contributed by atoms with E-state index in [0.717, 1.165) is 17.2 Å². The van der Waals surface area contributed by atoms with Crippen molar-refractivity contribution in [2.75, 3.05) is 7.11 Å². The third-order valence-corrected chi connectivity index (χ3v) is 4.30. The Labute approximate surface area is 144 Å². The zero-order chi connectivity index (χ0) is 17.3. The number of carbonyl (C=O) groups is 2. The number of halogens is 1. The Morgan fingerprint density at radius 2 is 2.00 bits per heavy atom. The number of carbonyl (C=O) groups excluding carboxylic acids is 2. The number of methoxy groups -OCH3 is 1. The molecule has 0 saturated heterocycles. The van der Waals surface area contributed by atoms with Gasteiger partial charge in [0.05, 0.1) is 17.6 Å². The Hall–Kier alpha value is -2.59. The average Bonchev–Trinajstić information content (AvgIpc) is 2.91. The molecule has 4 nitrogen and oxygen atoms in total. The minimum atomic E-state index is -0.146. The smallest absolute Gasteiger partial charge is 0.262 e. The van der Waals surface area contributed by atoms with Crippen LogP contribution < -0.4 is 4.74 Å². The topological polar surface area (TPSA) is 48.3 Å². The second-order valence-electron chi connectivity index (χ2n) is 5.49. The molecule has 0 N–H and O–H groups in total. The number of aldehydes is 1. The quantitative estimate of drug-likeness (QED) is 0.673. The lowest BCUT2D eigenvalue weighted by Gasteiger charge is -2.12. The summed E-state index contributed by atoms with van der Waals surface area (Å²) in [6, 6.07) is 10.7. The molecule has 24 heavy (non-hydrogen) atoms. The molecule has 1 heterocycles. The van der Waals surface area contributed by atoms with Crippen molar-refractivity contribution in [1.82, 2.24) is 4.57 Å². The Morgan fingerprint density at radius 3 is 2.62 bits per heavy atom. The molecule has 0 saturated carbocycles. The highest BCUT2D eigenvalue weighted by molar-refractivity contribution is 6.33. The summed E-state index contributed by atoms with van der Waals surface area (Å²) in [5.74, 6) is 0.330. The Bertz CT molecular complexity index is 929. The van der Waals surface area contributed by atoms with E-state index < -0.39 is 0 Å². The number of aromatic nitrogens is 1. The van der Waals surface area contributed by atoms with Gasteiger partial charge in [-0.25, -0.2) is 0 Å². The number of aryl methyl sites for hydroxylation is 1. The first-order valence-corrected chi connectivity index (χ1v) is 7.86. The van der Waals surface area contributed by atoms with Crippen molar-refractivity contribution in [3.05, 3.63) is 64.3 Å². The summed E-state index contributed by atoms with van der Waals surface area (Å²) in [6.07, 6.45) is 2.75. The first-order valence-electron chi connectivity index (χ1n) is 7.49. The van der Waals surface area contributed by atoms with Gasteiger partial charge >= 0.3 is 0 Å². The Kier molecular flexibility index (Phi) is 4.40. The Morgan fingerprint density at radius 1 is 1.29 bits per heavy atom. The number of hydrogen-bond donors (Lipinski definition) is 0. The van der Waals surface area contributed by atoms with Gasteiger partial charge in [-0.1, -0.05) is 29.8 Å². The highest BCUT2D eigenvalue weighted by Gasteiger charge is 2.20. The van der Waals surface area contributed by atoms with E-state index in [1.165, 1.54) is 7.11 Å². The van der Waals surface area contributed by atoms with Gasteiger partial charge in [0.15, 0.2) is 0 Å². The van der Waals surface area contributed by atoms with Crippen molar-refractivity contribution >= 4 is 34.7 Å². The summed E-state index contributed by atoms with van der Waals surface area (Å²) in [5.41, 5.74) is 2.84. The summed E-state index contributed by atoms with van der Waals surface area (Å²) < 4.78 is 6.93. The summed E-state index contributed by atoms with van der Waals surface area (Å²) in [4.78, 5) is 23.9. The fourth-order valence-corrected chi connectivity index (χ4v) is 3.31. The van der Waals surface area contributed by atoms with Gasteiger partial charge < -0.3 is 9.53 Å². The minimum Gasteiger partial charge on any atom is -0.495 e. The van der Waals surface area contributed by atoms with E-state index in [4.69, 9.17) is 16.3 Å². The van der Waals surface area contributed by atoms with Crippen molar-refractivity contribution in [3.8, 4) is 5.75 Å². The molecule has 0 aliphatic heterocycles. The van der Waals surface area contributed by atoms with Crippen LogP contribution in [0.3, 0.4) is 0 Å². The van der Waals surface area contributed by atoms with Gasteiger partial charge in [-0.15, -0.1) is 0 Å². The van der Waals surface area contributed by atoms with Gasteiger partial charge in [0.25, 0.3) is 5.91 Å². The lowest BCUT2D eigenvalue weighted by molar-refractivity contribution is -0.107. The van der Waals surface area contributed by atoms with Gasteiger partial charge in [0.2, 0.25) is 0 Å². The number of benzene rings is 2. The molecule has 0 bridgehead atoms. The highest BCUT2D eigenvalue weighted by Crippen LogP contribution is 2.38. The molecule has 1 aromatic heterocycles. The maximum absolute atomic E-state index is 12.8. The predicted octanol–water partition coefficient (Wildman–Crippen LogP) is 4.04. The molecule has 0 radical (unpaired) electrons. The van der Waals surface area contributed by atoms with Crippen molar-refractivity contribution in [2.24, 2.45) is 0 Å². The third-order valence-electron chi connectivity index (χ3n) is 4.02. The lowest BCUT2D eigenvalue weighted by Crippen LogP contribution is -2.10. The second-order valence-corrected chi connectivity index (χ2v) is 5.90. The maximum atomic E-state index is 12.8. The van der Waals surface area contributed by atoms with Crippen molar-refractivity contribution in [3.63, 3.8) is 0 Å². The highest BCUT2D eigenvalue weighted by atomic mass is 35.5. The number of nitrogens with zero attached hydrogens (tertiary/aromatic N) is 1. The van der Waals surface area contributed by atoms with Gasteiger partial charge in [0, 0.05) is 29.1 Å². The van der Waals surface area contributed by atoms with Crippen LogP contribution in [0.15, 0.2) is 42.6 Å². The number of ether oxygens (including phenoxy) is 1. The van der Waals surface area contributed by atoms with E-state index in [9.17, 15) is 9.59 Å². The molecule has 0 unspecified atom stereocenters. The average molecular weight is 342 g/mol. The molecule has 2 aromatic carbocycles. The van der Waals surface area contributed by atoms with Crippen LogP contribution in [-0.4, -0.2) is 23.9 Å². The lowest BCUT2D eigenvalue weighted by atomic mass is 10.0. The van der Waals surface area contributed by atoms with Crippen LogP contribution in [0.1, 0.15) is 21.5 Å². The van der Waals surface area contributed by atoms with Crippen LogP contribution in [0.5, 0.6) is 5.75 Å². The number of hydrogen-bond acceptors (Lipinski definition) is 3. The van der Waals surface area contributed by atoms with Gasteiger partial charge in [-0.05, 0) is 30.7 Å². The van der Waals surface area contributed by atoms with Crippen molar-refractivity contribution < 1.29 is 14.3 Å². The van der Waals surface area contributed by atoms with Gasteiger partial charge in [-0.3, -0.25) is 9.36 Å². The maximum Gasteiger partial charge on any atom is 0.262 e. The molecule has 3 aromatic rings. The van der Waals surface area contributed by atoms with Crippen LogP contribution in [0.25, 0.3) is 10.9 Å². The summed E-state index contributed by atoms with van der Waals surface area (Å²) in [6.45, 7) is 1.90. The molecule has 0 spiro atoms. The van der Waals surface area contributed by atoms with E-state index in [-0.39, 0.29) is 12.3 Å². The molecule has 0 aliphatic carbocycles. The SMILES string of the molecule is COc1c(Cl)cc2c(c(C)cn2C(=O)c2ccccc2)c1CC=O. The zero-order valence-electron chi connectivity index (χ0n) is 13.4. The molecule has 0 amide bonds. The zero-order valence-corrected chi connectivity index (χ0v) is 14.1. The van der Waals surface area contributed by atoms with Crippen molar-refractivity contribution in [2.45, 2.75) is 13.3 Å². The van der Waals surface area contributed by atoms with E-state index in [2.05, 4.69) is 0 Å². The van der Waals surface area contributed by atoms with Crippen LogP contribution in [0, 0.1) is 6.92 Å². The Balaban J connectivity index is 2.29. The summed E-state index contributed by atoms with van der Waals surface area (Å²) in [5, 5.41) is 1.20. The van der Waals surface area contributed by atoms with E-state index in [1.807, 2.05) is 25.1 Å². The molecular weight excluding hydrogens is 326 g/mol. The van der Waals surface area contributed by atoms with Gasteiger partial charge in [-0.2, -0.15) is 0 Å². The molecule has 5 heteroatoms. The van der Waals surface area contributed by atoms with Crippen LogP contribution in [-0.2, 0) is 11.2 Å².